The zero-order chi connectivity index (χ0) is 17.5. The van der Waals surface area contributed by atoms with Gasteiger partial charge in [-0.3, -0.25) is 14.4 Å². The molecule has 0 radical (unpaired) electrons. The number of nitrogens with zero attached hydrogens (tertiary/aromatic N) is 1. The molecule has 2 rings (SSSR count). The summed E-state index contributed by atoms with van der Waals surface area (Å²) in [5, 5.41) is 5.51. The van der Waals surface area contributed by atoms with E-state index in [4.69, 9.17) is 0 Å². The molecule has 1 atom stereocenters. The maximum atomic E-state index is 12.3. The van der Waals surface area contributed by atoms with Gasteiger partial charge in [0.15, 0.2) is 0 Å². The Hall–Kier alpha value is -2.67. The summed E-state index contributed by atoms with van der Waals surface area (Å²) in [6, 6.07) is 9.40. The van der Waals surface area contributed by atoms with Crippen LogP contribution in [-0.2, 0) is 19.1 Å². The topological polar surface area (TPSA) is 87.7 Å². The van der Waals surface area contributed by atoms with Crippen LogP contribution in [0.4, 0.5) is 0 Å². The first-order valence-electron chi connectivity index (χ1n) is 7.62. The van der Waals surface area contributed by atoms with E-state index in [0.29, 0.717) is 12.2 Å². The number of amides is 2. The second-order valence-corrected chi connectivity index (χ2v) is 5.40. The van der Waals surface area contributed by atoms with Crippen LogP contribution in [0.2, 0.25) is 0 Å². The van der Waals surface area contributed by atoms with Gasteiger partial charge in [-0.05, 0) is 11.6 Å². The highest BCUT2D eigenvalue weighted by molar-refractivity contribution is 5.91. The molecule has 0 aromatic heterocycles. The zero-order valence-corrected chi connectivity index (χ0v) is 13.7. The van der Waals surface area contributed by atoms with Crippen molar-refractivity contribution < 1.29 is 19.1 Å². The third kappa shape index (κ3) is 4.42. The van der Waals surface area contributed by atoms with E-state index in [0.717, 1.165) is 5.56 Å². The fourth-order valence-electron chi connectivity index (χ4n) is 2.38. The van der Waals surface area contributed by atoms with Gasteiger partial charge in [-0.2, -0.15) is 0 Å². The first-order valence-corrected chi connectivity index (χ1v) is 7.62. The molecule has 1 aromatic rings. The number of esters is 1. The van der Waals surface area contributed by atoms with Crippen LogP contribution in [0.15, 0.2) is 36.4 Å². The predicted molar refractivity (Wildman–Crippen MR) is 88.6 cm³/mol. The fraction of sp³-hybridized carbons (Fsp3) is 0.353. The lowest BCUT2D eigenvalue weighted by molar-refractivity contribution is -0.141. The lowest BCUT2D eigenvalue weighted by atomic mass is 10.0. The first-order chi connectivity index (χ1) is 11.5. The molecule has 128 valence electrons. The number of nitrogens with one attached hydrogen (secondary N) is 2. The van der Waals surface area contributed by atoms with Crippen molar-refractivity contribution in [2.24, 2.45) is 5.92 Å². The van der Waals surface area contributed by atoms with E-state index in [1.54, 1.807) is 13.1 Å². The van der Waals surface area contributed by atoms with E-state index in [1.807, 2.05) is 30.3 Å². The molecule has 2 amide bonds. The van der Waals surface area contributed by atoms with Gasteiger partial charge in [0.2, 0.25) is 11.8 Å². The van der Waals surface area contributed by atoms with Crippen molar-refractivity contribution in [2.75, 3.05) is 33.8 Å². The fourth-order valence-corrected chi connectivity index (χ4v) is 2.38. The SMILES string of the molecule is COC(=O)CNC(=O)C1/C=C(/c2ccccc2)N(C)C(=O)CNC1. The molecule has 0 bridgehead atoms. The van der Waals surface area contributed by atoms with E-state index in [-0.39, 0.29) is 24.9 Å². The number of ether oxygens (including phenoxy) is 1. The molecule has 1 heterocycles. The Morgan fingerprint density at radius 3 is 2.71 bits per heavy atom. The highest BCUT2D eigenvalue weighted by atomic mass is 16.5. The molecular weight excluding hydrogens is 310 g/mol. The first kappa shape index (κ1) is 17.7. The average molecular weight is 331 g/mol. The van der Waals surface area contributed by atoms with Crippen LogP contribution in [0.5, 0.6) is 0 Å². The summed E-state index contributed by atoms with van der Waals surface area (Å²) < 4.78 is 4.52. The molecule has 1 unspecified atom stereocenters. The van der Waals surface area contributed by atoms with Gasteiger partial charge in [-0.25, -0.2) is 0 Å². The van der Waals surface area contributed by atoms with Crippen molar-refractivity contribution in [3.63, 3.8) is 0 Å². The second kappa shape index (κ2) is 8.26. The number of carbonyl (C=O) groups excluding carboxylic acids is 3. The van der Waals surface area contributed by atoms with Crippen LogP contribution >= 0.6 is 0 Å². The number of methoxy groups -OCH3 is 1. The minimum absolute atomic E-state index is 0.0847. The van der Waals surface area contributed by atoms with Crippen molar-refractivity contribution in [3.8, 4) is 0 Å². The van der Waals surface area contributed by atoms with Crippen molar-refractivity contribution in [1.82, 2.24) is 15.5 Å². The molecule has 1 aliphatic rings. The summed E-state index contributed by atoms with van der Waals surface area (Å²) in [6.07, 6.45) is 1.74. The maximum absolute atomic E-state index is 12.3. The van der Waals surface area contributed by atoms with E-state index < -0.39 is 11.9 Å². The van der Waals surface area contributed by atoms with E-state index in [9.17, 15) is 14.4 Å². The molecule has 7 heteroatoms. The van der Waals surface area contributed by atoms with Crippen LogP contribution in [0.3, 0.4) is 0 Å². The molecule has 24 heavy (non-hydrogen) atoms. The van der Waals surface area contributed by atoms with Crippen LogP contribution in [0.1, 0.15) is 5.56 Å². The highest BCUT2D eigenvalue weighted by Crippen LogP contribution is 2.21. The van der Waals surface area contributed by atoms with Gasteiger partial charge in [0.1, 0.15) is 6.54 Å². The van der Waals surface area contributed by atoms with E-state index in [2.05, 4.69) is 15.4 Å². The number of benzene rings is 1. The number of carbonyl (C=O) groups is 3. The quantitative estimate of drug-likeness (QED) is 0.758. The monoisotopic (exact) mass is 331 g/mol. The van der Waals surface area contributed by atoms with E-state index in [1.165, 1.54) is 12.0 Å². The van der Waals surface area contributed by atoms with Gasteiger partial charge >= 0.3 is 5.97 Å². The van der Waals surface area contributed by atoms with Gasteiger partial charge in [0.25, 0.3) is 0 Å². The lowest BCUT2D eigenvalue weighted by Crippen LogP contribution is -2.44. The third-order valence-corrected chi connectivity index (χ3v) is 3.78. The summed E-state index contributed by atoms with van der Waals surface area (Å²) >= 11 is 0. The zero-order valence-electron chi connectivity index (χ0n) is 13.7. The molecule has 0 aliphatic carbocycles. The average Bonchev–Trinajstić information content (AvgIpc) is 2.60. The molecule has 2 N–H and O–H groups in total. The van der Waals surface area contributed by atoms with Crippen molar-refractivity contribution in [1.29, 1.82) is 0 Å². The molecule has 1 aromatic carbocycles. The van der Waals surface area contributed by atoms with Gasteiger partial charge < -0.3 is 20.3 Å². The minimum atomic E-state index is -0.514. The number of likely N-dealkylation sites (N-methyl/N-ethyl adjacent to an activating group) is 1. The Balaban J connectivity index is 2.26. The van der Waals surface area contributed by atoms with Crippen LogP contribution in [0, 0.1) is 5.92 Å². The summed E-state index contributed by atoms with van der Waals surface area (Å²) in [7, 11) is 2.94. The highest BCUT2D eigenvalue weighted by Gasteiger charge is 2.24. The molecule has 1 aliphatic heterocycles. The molecular formula is C17H21N3O4. The molecule has 0 saturated carbocycles. The minimum Gasteiger partial charge on any atom is -0.468 e. The Bertz CT molecular complexity index is 642. The molecule has 0 fully saturated rings. The third-order valence-electron chi connectivity index (χ3n) is 3.78. The number of hydrogen-bond acceptors (Lipinski definition) is 5. The standard InChI is InChI=1S/C17H21N3O4/c1-20-14(12-6-4-3-5-7-12)8-13(9-18-10-15(20)21)17(23)19-11-16(22)24-2/h3-8,13,18H,9-11H2,1-2H3,(H,19,23)/b14-8-. The normalized spacial score (nSPS) is 20.4. The van der Waals surface area contributed by atoms with E-state index >= 15 is 0 Å². The maximum Gasteiger partial charge on any atom is 0.325 e. The van der Waals surface area contributed by atoms with Crippen LogP contribution in [0.25, 0.3) is 5.70 Å². The summed E-state index contributed by atoms with van der Waals surface area (Å²) in [4.78, 5) is 37.2. The largest absolute Gasteiger partial charge is 0.468 e. The summed E-state index contributed by atoms with van der Waals surface area (Å²) in [5.41, 5.74) is 1.52. The molecule has 0 saturated heterocycles. The molecule has 7 nitrogen and oxygen atoms in total. The number of rotatable bonds is 4. The summed E-state index contributed by atoms with van der Waals surface area (Å²) in [5.74, 6) is -1.41. The molecule has 0 spiro atoms. The van der Waals surface area contributed by atoms with Gasteiger partial charge in [0.05, 0.1) is 19.6 Å². The Morgan fingerprint density at radius 2 is 2.04 bits per heavy atom. The second-order valence-electron chi connectivity index (χ2n) is 5.40. The Labute approximate surface area is 140 Å². The van der Waals surface area contributed by atoms with Crippen LogP contribution in [-0.4, -0.2) is 56.5 Å². The Kier molecular flexibility index (Phi) is 6.08. The van der Waals surface area contributed by atoms with Gasteiger partial charge in [0, 0.05) is 19.3 Å². The van der Waals surface area contributed by atoms with Gasteiger partial charge in [-0.1, -0.05) is 30.3 Å². The predicted octanol–water partition coefficient (Wildman–Crippen LogP) is -0.00550. The van der Waals surface area contributed by atoms with Gasteiger partial charge in [-0.15, -0.1) is 0 Å². The lowest BCUT2D eigenvalue weighted by Gasteiger charge is -2.26. The van der Waals surface area contributed by atoms with Crippen molar-refractivity contribution in [3.05, 3.63) is 42.0 Å². The van der Waals surface area contributed by atoms with Crippen molar-refractivity contribution >= 4 is 23.5 Å². The Morgan fingerprint density at radius 1 is 1.33 bits per heavy atom. The summed E-state index contributed by atoms with van der Waals surface area (Å²) in [6.45, 7) is 0.263. The van der Waals surface area contributed by atoms with Crippen LogP contribution < -0.4 is 10.6 Å². The number of hydrogen-bond donors (Lipinski definition) is 2. The van der Waals surface area contributed by atoms with Crippen molar-refractivity contribution in [2.45, 2.75) is 0 Å². The smallest absolute Gasteiger partial charge is 0.325 e.